The summed E-state index contributed by atoms with van der Waals surface area (Å²) in [5, 5.41) is 0. The molecule has 0 spiro atoms. The molecule has 1 amide bonds. The molecule has 2 aromatic carbocycles. The molecule has 26 heavy (non-hydrogen) atoms. The maximum atomic E-state index is 13.8. The zero-order chi connectivity index (χ0) is 18.8. The van der Waals surface area contributed by atoms with E-state index in [0.717, 1.165) is 4.47 Å². The molecule has 0 radical (unpaired) electrons. The highest BCUT2D eigenvalue weighted by Crippen LogP contribution is 2.26. The van der Waals surface area contributed by atoms with Gasteiger partial charge in [0.25, 0.3) is 5.91 Å². The molecule has 0 unspecified atom stereocenters. The van der Waals surface area contributed by atoms with Gasteiger partial charge in [0, 0.05) is 41.2 Å². The predicted molar refractivity (Wildman–Crippen MR) is 93.4 cm³/mol. The summed E-state index contributed by atoms with van der Waals surface area (Å²) < 4.78 is 41.5. The zero-order valence-electron chi connectivity index (χ0n) is 13.6. The number of piperidine rings is 1. The third-order valence-electron chi connectivity index (χ3n) is 4.50. The van der Waals surface area contributed by atoms with E-state index in [1.54, 1.807) is 29.2 Å². The van der Waals surface area contributed by atoms with Crippen LogP contribution < -0.4 is 0 Å². The van der Waals surface area contributed by atoms with Crippen molar-refractivity contribution in [2.24, 2.45) is 5.92 Å². The third kappa shape index (κ3) is 3.82. The minimum absolute atomic E-state index is 0.150. The van der Waals surface area contributed by atoms with E-state index < -0.39 is 34.7 Å². The van der Waals surface area contributed by atoms with Crippen LogP contribution in [-0.4, -0.2) is 29.7 Å². The number of nitrogens with zero attached hydrogens (tertiary/aromatic N) is 1. The lowest BCUT2D eigenvalue weighted by atomic mass is 9.88. The van der Waals surface area contributed by atoms with Gasteiger partial charge in [0.05, 0.1) is 5.56 Å². The van der Waals surface area contributed by atoms with Crippen LogP contribution in [0.25, 0.3) is 0 Å². The molecule has 0 saturated carbocycles. The largest absolute Gasteiger partial charge is 0.339 e. The molecule has 1 heterocycles. The lowest BCUT2D eigenvalue weighted by molar-refractivity contribution is 0.0647. The smallest absolute Gasteiger partial charge is 0.253 e. The first-order valence-electron chi connectivity index (χ1n) is 8.10. The van der Waals surface area contributed by atoms with Crippen molar-refractivity contribution >= 4 is 27.6 Å². The molecule has 1 fully saturated rings. The summed E-state index contributed by atoms with van der Waals surface area (Å²) in [4.78, 5) is 26.5. The van der Waals surface area contributed by atoms with Gasteiger partial charge in [0.1, 0.15) is 17.5 Å². The van der Waals surface area contributed by atoms with E-state index in [-0.39, 0.29) is 5.91 Å². The van der Waals surface area contributed by atoms with Crippen LogP contribution in [0.4, 0.5) is 13.2 Å². The summed E-state index contributed by atoms with van der Waals surface area (Å²) >= 11 is 3.31. The van der Waals surface area contributed by atoms with Gasteiger partial charge in [-0.3, -0.25) is 9.59 Å². The van der Waals surface area contributed by atoms with E-state index in [0.29, 0.717) is 43.6 Å². The number of halogens is 4. The Labute approximate surface area is 156 Å². The van der Waals surface area contributed by atoms with Crippen molar-refractivity contribution in [1.82, 2.24) is 4.90 Å². The van der Waals surface area contributed by atoms with Crippen molar-refractivity contribution in [3.63, 3.8) is 0 Å². The summed E-state index contributed by atoms with van der Waals surface area (Å²) in [5.74, 6) is -4.88. The first-order valence-corrected chi connectivity index (χ1v) is 8.89. The highest BCUT2D eigenvalue weighted by molar-refractivity contribution is 9.10. The fraction of sp³-hybridized carbons (Fsp3) is 0.263. The summed E-state index contributed by atoms with van der Waals surface area (Å²) in [6, 6.07) is 7.94. The van der Waals surface area contributed by atoms with E-state index in [2.05, 4.69) is 15.9 Å². The van der Waals surface area contributed by atoms with Crippen LogP contribution in [0.5, 0.6) is 0 Å². The second-order valence-electron chi connectivity index (χ2n) is 6.18. The van der Waals surface area contributed by atoms with Crippen LogP contribution >= 0.6 is 15.9 Å². The number of benzene rings is 2. The predicted octanol–water partition coefficient (Wildman–Crippen LogP) is 4.60. The fourth-order valence-corrected chi connectivity index (χ4v) is 3.37. The number of rotatable bonds is 3. The fourth-order valence-electron chi connectivity index (χ4n) is 3.10. The quantitative estimate of drug-likeness (QED) is 0.673. The Kier molecular flexibility index (Phi) is 5.46. The summed E-state index contributed by atoms with van der Waals surface area (Å²) in [6.45, 7) is 0.630. The van der Waals surface area contributed by atoms with Crippen molar-refractivity contribution in [3.8, 4) is 0 Å². The van der Waals surface area contributed by atoms with Gasteiger partial charge < -0.3 is 4.90 Å². The Hall–Kier alpha value is -2.15. The van der Waals surface area contributed by atoms with Gasteiger partial charge in [-0.05, 0) is 37.1 Å². The number of carbonyl (C=O) groups is 2. The molecule has 1 aliphatic heterocycles. The van der Waals surface area contributed by atoms with Crippen LogP contribution in [0.15, 0.2) is 40.9 Å². The molecule has 0 atom stereocenters. The molecule has 0 N–H and O–H groups in total. The van der Waals surface area contributed by atoms with E-state index in [1.807, 2.05) is 0 Å². The zero-order valence-corrected chi connectivity index (χ0v) is 15.2. The molecule has 3 nitrogen and oxygen atoms in total. The summed E-state index contributed by atoms with van der Waals surface area (Å²) in [6.07, 6.45) is 0.606. The van der Waals surface area contributed by atoms with Gasteiger partial charge in [-0.25, -0.2) is 13.2 Å². The van der Waals surface area contributed by atoms with Gasteiger partial charge in [-0.1, -0.05) is 15.9 Å². The molecule has 0 bridgehead atoms. The molecule has 136 valence electrons. The Bertz CT molecular complexity index is 823. The number of ketones is 1. The van der Waals surface area contributed by atoms with Crippen LogP contribution in [-0.2, 0) is 0 Å². The number of Topliss-reactive ketones (excluding diaryl/α,β-unsaturated/α-hetero) is 1. The lowest BCUT2D eigenvalue weighted by Crippen LogP contribution is -2.40. The van der Waals surface area contributed by atoms with Crippen LogP contribution in [0.2, 0.25) is 0 Å². The second kappa shape index (κ2) is 7.61. The first-order chi connectivity index (χ1) is 12.4. The number of hydrogen-bond donors (Lipinski definition) is 0. The molecule has 0 aliphatic carbocycles. The Morgan fingerprint density at radius 2 is 1.50 bits per heavy atom. The van der Waals surface area contributed by atoms with Crippen molar-refractivity contribution in [2.45, 2.75) is 12.8 Å². The van der Waals surface area contributed by atoms with Gasteiger partial charge in [0.2, 0.25) is 0 Å². The number of amides is 1. The highest BCUT2D eigenvalue weighted by Gasteiger charge is 2.31. The molecular weight excluding hydrogens is 411 g/mol. The first kappa shape index (κ1) is 18.6. The van der Waals surface area contributed by atoms with Gasteiger partial charge in [-0.2, -0.15) is 0 Å². The second-order valence-corrected chi connectivity index (χ2v) is 7.10. The standard InChI is InChI=1S/C19H15BrF3NO2/c20-13-3-1-12(2-4-13)19(26)24-7-5-11(6-8-24)18(25)17-15(22)9-14(21)10-16(17)23/h1-4,9-11H,5-8H2. The van der Waals surface area contributed by atoms with Gasteiger partial charge >= 0.3 is 0 Å². The molecule has 2 aromatic rings. The molecule has 1 saturated heterocycles. The maximum Gasteiger partial charge on any atom is 0.253 e. The number of likely N-dealkylation sites (tertiary alicyclic amines) is 1. The lowest BCUT2D eigenvalue weighted by Gasteiger charge is -2.31. The number of hydrogen-bond acceptors (Lipinski definition) is 2. The van der Waals surface area contributed by atoms with Crippen molar-refractivity contribution in [1.29, 1.82) is 0 Å². The van der Waals surface area contributed by atoms with E-state index in [4.69, 9.17) is 0 Å². The van der Waals surface area contributed by atoms with Gasteiger partial charge in [-0.15, -0.1) is 0 Å². The highest BCUT2D eigenvalue weighted by atomic mass is 79.9. The molecular formula is C19H15BrF3NO2. The monoisotopic (exact) mass is 425 g/mol. The Morgan fingerprint density at radius 1 is 0.962 bits per heavy atom. The average molecular weight is 426 g/mol. The third-order valence-corrected chi connectivity index (χ3v) is 5.03. The molecule has 7 heteroatoms. The van der Waals surface area contributed by atoms with Crippen LogP contribution in [0.1, 0.15) is 33.6 Å². The topological polar surface area (TPSA) is 37.4 Å². The minimum atomic E-state index is -1.19. The van der Waals surface area contributed by atoms with Crippen LogP contribution in [0.3, 0.4) is 0 Å². The van der Waals surface area contributed by atoms with E-state index in [9.17, 15) is 22.8 Å². The van der Waals surface area contributed by atoms with Gasteiger partial charge in [0.15, 0.2) is 5.78 Å². The Morgan fingerprint density at radius 3 is 2.04 bits per heavy atom. The summed E-state index contributed by atoms with van der Waals surface area (Å²) in [5.41, 5.74) is -0.169. The van der Waals surface area contributed by atoms with E-state index in [1.165, 1.54) is 0 Å². The molecule has 1 aliphatic rings. The van der Waals surface area contributed by atoms with Crippen LogP contribution in [0, 0.1) is 23.4 Å². The molecule has 3 rings (SSSR count). The summed E-state index contributed by atoms with van der Waals surface area (Å²) in [7, 11) is 0. The van der Waals surface area contributed by atoms with Crippen molar-refractivity contribution in [3.05, 3.63) is 69.4 Å². The Balaban J connectivity index is 1.68. The normalized spacial score (nSPS) is 15.2. The minimum Gasteiger partial charge on any atom is -0.339 e. The maximum absolute atomic E-state index is 13.8. The SMILES string of the molecule is O=C(c1c(F)cc(F)cc1F)C1CCN(C(=O)c2ccc(Br)cc2)CC1. The van der Waals surface area contributed by atoms with Crippen molar-refractivity contribution in [2.75, 3.05) is 13.1 Å². The van der Waals surface area contributed by atoms with Crippen molar-refractivity contribution < 1.29 is 22.8 Å². The average Bonchev–Trinajstić information content (AvgIpc) is 2.61. The number of carbonyl (C=O) groups excluding carboxylic acids is 2. The molecule has 0 aromatic heterocycles. The van der Waals surface area contributed by atoms with E-state index >= 15 is 0 Å².